The second kappa shape index (κ2) is 6.99. The Bertz CT molecular complexity index is 707. The summed E-state index contributed by atoms with van der Waals surface area (Å²) in [4.78, 5) is 30.6. The third kappa shape index (κ3) is 3.79. The Morgan fingerprint density at radius 3 is 2.95 bits per heavy atom. The number of H-pyrrole nitrogens is 1. The number of carbonyl (C=O) groups excluding carboxylic acids is 1. The van der Waals surface area contributed by atoms with E-state index in [1.54, 1.807) is 27.0 Å². The number of nitrogens with zero attached hydrogens (tertiary/aromatic N) is 2. The standard InChI is InChI=1S/C14H18N4O4/c1-8-4-5-10(12(19)15-8)13(20)16-9(2)14-17-11(18-22-14)6-7-21-3/h4-5,9H,6-7H2,1-3H3,(H,15,19)(H,16,20). The molecule has 1 unspecified atom stereocenters. The van der Waals surface area contributed by atoms with Crippen molar-refractivity contribution in [3.63, 3.8) is 0 Å². The van der Waals surface area contributed by atoms with Crippen molar-refractivity contribution in [1.29, 1.82) is 0 Å². The smallest absolute Gasteiger partial charge is 0.260 e. The molecule has 2 rings (SSSR count). The lowest BCUT2D eigenvalue weighted by Crippen LogP contribution is -2.31. The summed E-state index contributed by atoms with van der Waals surface area (Å²) in [5.41, 5.74) is 0.293. The molecule has 8 nitrogen and oxygen atoms in total. The summed E-state index contributed by atoms with van der Waals surface area (Å²) in [6, 6.07) is 2.64. The van der Waals surface area contributed by atoms with E-state index >= 15 is 0 Å². The zero-order valence-corrected chi connectivity index (χ0v) is 12.7. The molecule has 2 heterocycles. The predicted octanol–water partition coefficient (Wildman–Crippen LogP) is 0.746. The average molecular weight is 306 g/mol. The SMILES string of the molecule is COCCc1noc(C(C)NC(=O)c2ccc(C)[nH]c2=O)n1. The van der Waals surface area contributed by atoms with Crippen molar-refractivity contribution in [2.75, 3.05) is 13.7 Å². The van der Waals surface area contributed by atoms with Crippen LogP contribution in [0.5, 0.6) is 0 Å². The number of nitrogens with one attached hydrogen (secondary N) is 2. The van der Waals surface area contributed by atoms with Crippen LogP contribution in [-0.4, -0.2) is 34.7 Å². The van der Waals surface area contributed by atoms with E-state index < -0.39 is 17.5 Å². The lowest BCUT2D eigenvalue weighted by atomic mass is 10.2. The monoisotopic (exact) mass is 306 g/mol. The van der Waals surface area contributed by atoms with Gasteiger partial charge in [-0.15, -0.1) is 0 Å². The first-order valence-corrected chi connectivity index (χ1v) is 6.83. The highest BCUT2D eigenvalue weighted by molar-refractivity contribution is 5.93. The first-order chi connectivity index (χ1) is 10.5. The van der Waals surface area contributed by atoms with Crippen molar-refractivity contribution in [2.45, 2.75) is 26.3 Å². The number of ether oxygens (including phenoxy) is 1. The van der Waals surface area contributed by atoms with Crippen LogP contribution in [-0.2, 0) is 11.2 Å². The molecule has 0 aromatic carbocycles. The second-order valence-corrected chi connectivity index (χ2v) is 4.87. The summed E-state index contributed by atoms with van der Waals surface area (Å²) in [6.45, 7) is 3.93. The van der Waals surface area contributed by atoms with Crippen molar-refractivity contribution in [2.24, 2.45) is 0 Å². The molecule has 0 aliphatic heterocycles. The van der Waals surface area contributed by atoms with E-state index in [1.165, 1.54) is 6.07 Å². The maximum absolute atomic E-state index is 12.1. The van der Waals surface area contributed by atoms with Crippen LogP contribution >= 0.6 is 0 Å². The largest absolute Gasteiger partial charge is 0.384 e. The molecule has 0 saturated carbocycles. The van der Waals surface area contributed by atoms with E-state index in [-0.39, 0.29) is 11.5 Å². The zero-order chi connectivity index (χ0) is 16.1. The van der Waals surface area contributed by atoms with E-state index in [1.807, 2.05) is 0 Å². The summed E-state index contributed by atoms with van der Waals surface area (Å²) in [6.07, 6.45) is 0.526. The van der Waals surface area contributed by atoms with Gasteiger partial charge < -0.3 is 19.6 Å². The first kappa shape index (κ1) is 15.9. The summed E-state index contributed by atoms with van der Waals surface area (Å²) in [7, 11) is 1.59. The molecular formula is C14H18N4O4. The average Bonchev–Trinajstić information content (AvgIpc) is 2.93. The fraction of sp³-hybridized carbons (Fsp3) is 0.429. The molecule has 1 atom stereocenters. The van der Waals surface area contributed by atoms with Crippen molar-refractivity contribution in [3.8, 4) is 0 Å². The quantitative estimate of drug-likeness (QED) is 0.814. The Labute approximate surface area is 126 Å². The molecule has 0 aliphatic carbocycles. The van der Waals surface area contributed by atoms with Crippen LogP contribution in [0.1, 0.15) is 40.7 Å². The van der Waals surface area contributed by atoms with E-state index in [0.29, 0.717) is 24.5 Å². The van der Waals surface area contributed by atoms with Gasteiger partial charge in [0.2, 0.25) is 5.89 Å². The maximum atomic E-state index is 12.1. The Morgan fingerprint density at radius 2 is 2.27 bits per heavy atom. The Balaban J connectivity index is 2.04. The van der Waals surface area contributed by atoms with Crippen molar-refractivity contribution in [1.82, 2.24) is 20.4 Å². The molecule has 0 bridgehead atoms. The van der Waals surface area contributed by atoms with E-state index in [2.05, 4.69) is 20.4 Å². The summed E-state index contributed by atoms with van der Waals surface area (Å²) >= 11 is 0. The number of pyridine rings is 1. The van der Waals surface area contributed by atoms with Gasteiger partial charge in [-0.25, -0.2) is 0 Å². The number of amides is 1. The number of hydrogen-bond acceptors (Lipinski definition) is 6. The van der Waals surface area contributed by atoms with Gasteiger partial charge in [-0.1, -0.05) is 5.16 Å². The van der Waals surface area contributed by atoms with Gasteiger partial charge in [-0.2, -0.15) is 4.98 Å². The molecule has 1 amide bonds. The lowest BCUT2D eigenvalue weighted by Gasteiger charge is -2.09. The van der Waals surface area contributed by atoms with Crippen LogP contribution in [0.3, 0.4) is 0 Å². The van der Waals surface area contributed by atoms with E-state index in [9.17, 15) is 9.59 Å². The second-order valence-electron chi connectivity index (χ2n) is 4.87. The lowest BCUT2D eigenvalue weighted by molar-refractivity contribution is 0.0931. The van der Waals surface area contributed by atoms with Crippen molar-refractivity contribution < 1.29 is 14.1 Å². The molecule has 0 fully saturated rings. The molecule has 0 saturated heterocycles. The summed E-state index contributed by atoms with van der Waals surface area (Å²) in [5.74, 6) is 0.291. The van der Waals surface area contributed by atoms with E-state index in [4.69, 9.17) is 9.26 Å². The fourth-order valence-electron chi connectivity index (χ4n) is 1.83. The number of rotatable bonds is 6. The molecule has 8 heteroatoms. The topological polar surface area (TPSA) is 110 Å². The summed E-state index contributed by atoms with van der Waals surface area (Å²) in [5, 5.41) is 6.45. The van der Waals surface area contributed by atoms with Gasteiger partial charge in [-0.3, -0.25) is 9.59 Å². The van der Waals surface area contributed by atoms with Crippen molar-refractivity contribution >= 4 is 5.91 Å². The summed E-state index contributed by atoms with van der Waals surface area (Å²) < 4.78 is 10.0. The molecule has 0 spiro atoms. The Kier molecular flexibility index (Phi) is 5.05. The van der Waals surface area contributed by atoms with Crippen LogP contribution < -0.4 is 10.9 Å². The number of carbonyl (C=O) groups is 1. The number of hydrogen-bond donors (Lipinski definition) is 2. The van der Waals surface area contributed by atoms with Gasteiger partial charge in [0.15, 0.2) is 5.82 Å². The van der Waals surface area contributed by atoms with Gasteiger partial charge in [0.1, 0.15) is 11.6 Å². The highest BCUT2D eigenvalue weighted by Crippen LogP contribution is 2.10. The van der Waals surface area contributed by atoms with E-state index in [0.717, 1.165) is 0 Å². The van der Waals surface area contributed by atoms with Gasteiger partial charge >= 0.3 is 0 Å². The normalized spacial score (nSPS) is 12.1. The van der Waals surface area contributed by atoms with Crippen LogP contribution in [0, 0.1) is 6.92 Å². The number of methoxy groups -OCH3 is 1. The Hall–Kier alpha value is -2.48. The maximum Gasteiger partial charge on any atom is 0.260 e. The Morgan fingerprint density at radius 1 is 1.50 bits per heavy atom. The predicted molar refractivity (Wildman–Crippen MR) is 77.6 cm³/mol. The molecule has 2 aromatic rings. The fourth-order valence-corrected chi connectivity index (χ4v) is 1.83. The molecular weight excluding hydrogens is 288 g/mol. The van der Waals surface area contributed by atoms with Gasteiger partial charge in [0.25, 0.3) is 11.5 Å². The number of aromatic amines is 1. The highest BCUT2D eigenvalue weighted by Gasteiger charge is 2.19. The molecule has 118 valence electrons. The highest BCUT2D eigenvalue weighted by atomic mass is 16.5. The molecule has 0 radical (unpaired) electrons. The first-order valence-electron chi connectivity index (χ1n) is 6.83. The van der Waals surface area contributed by atoms with Crippen LogP contribution in [0.15, 0.2) is 21.5 Å². The zero-order valence-electron chi connectivity index (χ0n) is 12.7. The van der Waals surface area contributed by atoms with Crippen LogP contribution in [0.4, 0.5) is 0 Å². The third-order valence-electron chi connectivity index (χ3n) is 3.03. The van der Waals surface area contributed by atoms with Gasteiger partial charge in [0.05, 0.1) is 6.61 Å². The molecule has 2 N–H and O–H groups in total. The minimum Gasteiger partial charge on any atom is -0.384 e. The third-order valence-corrected chi connectivity index (χ3v) is 3.03. The van der Waals surface area contributed by atoms with Gasteiger partial charge in [-0.05, 0) is 26.0 Å². The minimum absolute atomic E-state index is 0.0385. The van der Waals surface area contributed by atoms with Gasteiger partial charge in [0, 0.05) is 19.2 Å². The molecule has 0 aliphatic rings. The van der Waals surface area contributed by atoms with Crippen LogP contribution in [0.25, 0.3) is 0 Å². The number of aryl methyl sites for hydroxylation is 1. The molecule has 22 heavy (non-hydrogen) atoms. The number of aromatic nitrogens is 3. The van der Waals surface area contributed by atoms with Crippen molar-refractivity contribution in [3.05, 3.63) is 45.5 Å². The van der Waals surface area contributed by atoms with Crippen LogP contribution in [0.2, 0.25) is 0 Å². The minimum atomic E-state index is -0.503. The molecule has 2 aromatic heterocycles.